The molecule has 0 aliphatic carbocycles. The van der Waals surface area contributed by atoms with Crippen LogP contribution in [0.15, 0.2) is 42.5 Å². The van der Waals surface area contributed by atoms with Crippen molar-refractivity contribution in [2.24, 2.45) is 0 Å². The first-order valence-corrected chi connectivity index (χ1v) is 13.0. The highest BCUT2D eigenvalue weighted by molar-refractivity contribution is 5.99. The maximum atomic E-state index is 13.9. The Balaban J connectivity index is 1.36. The number of amides is 3. The highest BCUT2D eigenvalue weighted by Crippen LogP contribution is 2.39. The van der Waals surface area contributed by atoms with Crippen LogP contribution in [0, 0.1) is 0 Å². The fourth-order valence-corrected chi connectivity index (χ4v) is 5.15. The van der Waals surface area contributed by atoms with Crippen molar-refractivity contribution >= 4 is 17.7 Å². The Morgan fingerprint density at radius 2 is 1.71 bits per heavy atom. The molecule has 0 aromatic heterocycles. The summed E-state index contributed by atoms with van der Waals surface area (Å²) in [7, 11) is 1.56. The lowest BCUT2D eigenvalue weighted by Gasteiger charge is -2.44. The molecule has 1 spiro atoms. The van der Waals surface area contributed by atoms with Crippen molar-refractivity contribution in [1.29, 1.82) is 0 Å². The van der Waals surface area contributed by atoms with Crippen LogP contribution < -0.4 is 19.5 Å². The second-order valence-corrected chi connectivity index (χ2v) is 9.85. The first-order valence-electron chi connectivity index (χ1n) is 13.0. The highest BCUT2D eigenvalue weighted by atomic mass is 16.7. The maximum Gasteiger partial charge on any atom is 0.256 e. The summed E-state index contributed by atoms with van der Waals surface area (Å²) in [4.78, 5) is 43.7. The number of hydrogen-bond acceptors (Lipinski definition) is 7. The van der Waals surface area contributed by atoms with Gasteiger partial charge in [-0.2, -0.15) is 0 Å². The monoisotopic (exact) mass is 523 g/mol. The smallest absolute Gasteiger partial charge is 0.256 e. The Morgan fingerprint density at radius 3 is 2.39 bits per heavy atom. The van der Waals surface area contributed by atoms with Crippen molar-refractivity contribution < 1.29 is 33.3 Å². The number of carbonyl (C=O) groups excluding carboxylic acids is 3. The van der Waals surface area contributed by atoms with E-state index in [1.807, 2.05) is 13.8 Å². The molecular weight excluding hydrogens is 490 g/mol. The second-order valence-electron chi connectivity index (χ2n) is 9.85. The Bertz CT molecular complexity index is 1210. The molecule has 3 aliphatic rings. The van der Waals surface area contributed by atoms with E-state index >= 15 is 0 Å². The molecule has 10 nitrogen and oxygen atoms in total. The zero-order chi connectivity index (χ0) is 26.9. The van der Waals surface area contributed by atoms with Gasteiger partial charge in [0.2, 0.25) is 12.7 Å². The third-order valence-corrected chi connectivity index (χ3v) is 7.57. The van der Waals surface area contributed by atoms with Gasteiger partial charge in [0.25, 0.3) is 11.8 Å². The number of ether oxygens (including phenoxy) is 4. The maximum absolute atomic E-state index is 13.9. The summed E-state index contributed by atoms with van der Waals surface area (Å²) < 4.78 is 22.3. The molecule has 2 atom stereocenters. The quantitative estimate of drug-likeness (QED) is 0.621. The van der Waals surface area contributed by atoms with Crippen LogP contribution in [0.3, 0.4) is 0 Å². The minimum absolute atomic E-state index is 0.0295. The summed E-state index contributed by atoms with van der Waals surface area (Å²) in [6.45, 7) is 4.91. The molecular formula is C28H33N3O7. The standard InChI is InChI=1S/C28H33N3O7/c1-4-18(2)29-25(32)22-16-38-28(31(22)27(34)19-5-8-21(35-3)9-6-19)11-13-30(14-12-28)26(33)20-7-10-23-24(15-20)37-17-36-23/h5-10,15,18,22H,4,11-14,16-17H2,1-3H3,(H,29,32)/t18-,22-/m0/s1. The van der Waals surface area contributed by atoms with Crippen molar-refractivity contribution in [3.63, 3.8) is 0 Å². The van der Waals surface area contributed by atoms with E-state index in [4.69, 9.17) is 18.9 Å². The van der Waals surface area contributed by atoms with E-state index in [9.17, 15) is 14.4 Å². The number of nitrogens with zero attached hydrogens (tertiary/aromatic N) is 2. The fourth-order valence-electron chi connectivity index (χ4n) is 5.15. The molecule has 3 heterocycles. The van der Waals surface area contributed by atoms with Crippen LogP contribution in [-0.2, 0) is 9.53 Å². The average molecular weight is 524 g/mol. The van der Waals surface area contributed by atoms with Gasteiger partial charge in [0, 0.05) is 43.1 Å². The molecule has 2 saturated heterocycles. The third kappa shape index (κ3) is 4.76. The summed E-state index contributed by atoms with van der Waals surface area (Å²) in [5.74, 6) is 1.15. The normalized spacial score (nSPS) is 20.3. The summed E-state index contributed by atoms with van der Waals surface area (Å²) in [6, 6.07) is 11.2. The van der Waals surface area contributed by atoms with Gasteiger partial charge in [0.1, 0.15) is 17.5 Å². The van der Waals surface area contributed by atoms with Gasteiger partial charge < -0.3 is 29.2 Å². The number of benzene rings is 2. The molecule has 0 bridgehead atoms. The molecule has 2 aromatic rings. The molecule has 3 amide bonds. The van der Waals surface area contributed by atoms with E-state index in [1.54, 1.807) is 59.4 Å². The number of piperidine rings is 1. The molecule has 3 aliphatic heterocycles. The molecule has 0 saturated carbocycles. The van der Waals surface area contributed by atoms with Crippen molar-refractivity contribution in [2.75, 3.05) is 33.6 Å². The molecule has 0 radical (unpaired) electrons. The Kier molecular flexibility index (Phi) is 7.16. The zero-order valence-corrected chi connectivity index (χ0v) is 21.9. The minimum atomic E-state index is -0.986. The Morgan fingerprint density at radius 1 is 1.03 bits per heavy atom. The van der Waals surface area contributed by atoms with Gasteiger partial charge in [0.05, 0.1) is 13.7 Å². The van der Waals surface area contributed by atoms with E-state index in [-0.39, 0.29) is 37.2 Å². The van der Waals surface area contributed by atoms with Crippen molar-refractivity contribution in [2.45, 2.75) is 50.9 Å². The number of rotatable bonds is 6. The van der Waals surface area contributed by atoms with Crippen LogP contribution in [0.2, 0.25) is 0 Å². The second kappa shape index (κ2) is 10.5. The summed E-state index contributed by atoms with van der Waals surface area (Å²) >= 11 is 0. The Hall–Kier alpha value is -3.79. The van der Waals surface area contributed by atoms with Gasteiger partial charge >= 0.3 is 0 Å². The third-order valence-electron chi connectivity index (χ3n) is 7.57. The lowest BCUT2D eigenvalue weighted by Crippen LogP contribution is -2.60. The van der Waals surface area contributed by atoms with Gasteiger partial charge in [-0.25, -0.2) is 0 Å². The van der Waals surface area contributed by atoms with E-state index in [1.165, 1.54) is 0 Å². The van der Waals surface area contributed by atoms with E-state index in [2.05, 4.69) is 5.32 Å². The van der Waals surface area contributed by atoms with Crippen LogP contribution in [0.1, 0.15) is 53.8 Å². The zero-order valence-electron chi connectivity index (χ0n) is 21.9. The lowest BCUT2D eigenvalue weighted by molar-refractivity contribution is -0.128. The van der Waals surface area contributed by atoms with Crippen LogP contribution in [0.25, 0.3) is 0 Å². The van der Waals surface area contributed by atoms with Crippen molar-refractivity contribution in [3.8, 4) is 17.2 Å². The van der Waals surface area contributed by atoms with Crippen LogP contribution >= 0.6 is 0 Å². The number of hydrogen-bond donors (Lipinski definition) is 1. The SMILES string of the molecule is CC[C@H](C)NC(=O)[C@@H]1COC2(CCN(C(=O)c3ccc4c(c3)OCO4)CC2)N1C(=O)c1ccc(OC)cc1. The number of carbonyl (C=O) groups is 3. The van der Waals surface area contributed by atoms with Crippen molar-refractivity contribution in [1.82, 2.24) is 15.1 Å². The van der Waals surface area contributed by atoms with Crippen molar-refractivity contribution in [3.05, 3.63) is 53.6 Å². The topological polar surface area (TPSA) is 107 Å². The first-order chi connectivity index (χ1) is 18.3. The van der Waals surface area contributed by atoms with Gasteiger partial charge in [-0.05, 0) is 55.8 Å². The van der Waals surface area contributed by atoms with E-state index in [0.29, 0.717) is 54.3 Å². The van der Waals surface area contributed by atoms with E-state index < -0.39 is 11.8 Å². The summed E-state index contributed by atoms with van der Waals surface area (Å²) in [5, 5.41) is 3.00. The van der Waals surface area contributed by atoms with Crippen LogP contribution in [-0.4, -0.2) is 78.9 Å². The molecule has 202 valence electrons. The fraction of sp³-hybridized carbons (Fsp3) is 0.464. The lowest BCUT2D eigenvalue weighted by atomic mass is 9.96. The number of likely N-dealkylation sites (tertiary alicyclic amines) is 1. The molecule has 38 heavy (non-hydrogen) atoms. The Labute approximate surface area is 221 Å². The average Bonchev–Trinajstić information content (AvgIpc) is 3.57. The van der Waals surface area contributed by atoms with Gasteiger partial charge in [-0.15, -0.1) is 0 Å². The van der Waals surface area contributed by atoms with Crippen LogP contribution in [0.4, 0.5) is 0 Å². The molecule has 2 aromatic carbocycles. The van der Waals surface area contributed by atoms with Crippen LogP contribution in [0.5, 0.6) is 17.2 Å². The van der Waals surface area contributed by atoms with Gasteiger partial charge in [-0.3, -0.25) is 19.3 Å². The first kappa shape index (κ1) is 25.8. The summed E-state index contributed by atoms with van der Waals surface area (Å²) in [6.07, 6.45) is 1.55. The van der Waals surface area contributed by atoms with E-state index in [0.717, 1.165) is 6.42 Å². The minimum Gasteiger partial charge on any atom is -0.497 e. The molecule has 10 heteroatoms. The predicted molar refractivity (Wildman–Crippen MR) is 137 cm³/mol. The number of nitrogens with one attached hydrogen (secondary N) is 1. The predicted octanol–water partition coefficient (Wildman–Crippen LogP) is 2.81. The van der Waals surface area contributed by atoms with Gasteiger partial charge in [-0.1, -0.05) is 6.92 Å². The molecule has 1 N–H and O–H groups in total. The molecule has 0 unspecified atom stereocenters. The number of fused-ring (bicyclic) bond motifs is 1. The summed E-state index contributed by atoms with van der Waals surface area (Å²) in [5.41, 5.74) is -0.0365. The molecule has 2 fully saturated rings. The largest absolute Gasteiger partial charge is 0.497 e. The molecule has 5 rings (SSSR count). The number of methoxy groups -OCH3 is 1. The van der Waals surface area contributed by atoms with Gasteiger partial charge in [0.15, 0.2) is 11.5 Å². The highest BCUT2D eigenvalue weighted by Gasteiger charge is 2.54.